The Kier molecular flexibility index (Phi) is 7.48. The Balaban J connectivity index is 0.00000242. The lowest BCUT2D eigenvalue weighted by atomic mass is 10.2. The molecule has 0 radical (unpaired) electrons. The molecule has 3 N–H and O–H groups in total. The summed E-state index contributed by atoms with van der Waals surface area (Å²) < 4.78 is 1.22. The van der Waals surface area contributed by atoms with Gasteiger partial charge in [-0.3, -0.25) is 9.59 Å². The van der Waals surface area contributed by atoms with Gasteiger partial charge in [0.05, 0.1) is 11.9 Å². The zero-order valence-corrected chi connectivity index (χ0v) is 13.0. The van der Waals surface area contributed by atoms with E-state index in [2.05, 4.69) is 15.6 Å². The van der Waals surface area contributed by atoms with Gasteiger partial charge in [0.1, 0.15) is 5.52 Å². The summed E-state index contributed by atoms with van der Waals surface area (Å²) in [6.07, 6.45) is 1.95. The largest absolute Gasteiger partial charge is 0.356 e. The average Bonchev–Trinajstić information content (AvgIpc) is 2.51. The predicted octanol–water partition coefficient (Wildman–Crippen LogP) is 0.458. The van der Waals surface area contributed by atoms with Crippen LogP contribution in [0.2, 0.25) is 0 Å². The minimum absolute atomic E-state index is 0. The lowest BCUT2D eigenvalue weighted by Gasteiger charge is -2.06. The molecule has 0 spiro atoms. The maximum atomic E-state index is 12.2. The lowest BCUT2D eigenvalue weighted by molar-refractivity contribution is -0.121. The van der Waals surface area contributed by atoms with Crippen LogP contribution < -0.4 is 16.6 Å². The van der Waals surface area contributed by atoms with E-state index in [9.17, 15) is 9.59 Å². The third-order valence-electron chi connectivity index (χ3n) is 3.13. The molecular formula is C14H20ClN5O2. The second-order valence-electron chi connectivity index (χ2n) is 4.73. The zero-order chi connectivity index (χ0) is 15.1. The second-order valence-corrected chi connectivity index (χ2v) is 4.73. The van der Waals surface area contributed by atoms with E-state index < -0.39 is 0 Å². The molecule has 22 heavy (non-hydrogen) atoms. The van der Waals surface area contributed by atoms with Crippen LogP contribution >= 0.6 is 12.4 Å². The monoisotopic (exact) mass is 325 g/mol. The van der Waals surface area contributed by atoms with Gasteiger partial charge in [0.25, 0.3) is 5.56 Å². The van der Waals surface area contributed by atoms with Gasteiger partial charge in [-0.2, -0.15) is 0 Å². The summed E-state index contributed by atoms with van der Waals surface area (Å²) in [7, 11) is 0. The Bertz CT molecular complexity index is 674. The first-order valence-electron chi connectivity index (χ1n) is 7.01. The van der Waals surface area contributed by atoms with Gasteiger partial charge >= 0.3 is 0 Å². The van der Waals surface area contributed by atoms with Crippen LogP contribution in [0.4, 0.5) is 0 Å². The van der Waals surface area contributed by atoms with Crippen LogP contribution in [0.1, 0.15) is 19.3 Å². The number of carbonyl (C=O) groups excluding carboxylic acids is 1. The van der Waals surface area contributed by atoms with Crippen molar-refractivity contribution >= 4 is 29.2 Å². The quantitative estimate of drug-likeness (QED) is 0.720. The molecule has 0 fully saturated rings. The zero-order valence-electron chi connectivity index (χ0n) is 12.2. The number of aryl methyl sites for hydroxylation is 1. The van der Waals surface area contributed by atoms with Crippen molar-refractivity contribution in [1.82, 2.24) is 20.3 Å². The van der Waals surface area contributed by atoms with Crippen LogP contribution in [-0.2, 0) is 11.3 Å². The molecule has 0 aliphatic carbocycles. The molecule has 0 bridgehead atoms. The standard InChI is InChI=1S/C14H19N5O2.ClH/c15-8-3-4-9-16-13(20)7-10-19-14(21)11-5-1-2-6-12(11)17-18-19;/h1-2,5-6H,3-4,7-10,15H2,(H,16,20);1H. The molecule has 0 saturated heterocycles. The molecule has 0 aliphatic heterocycles. The molecular weight excluding hydrogens is 306 g/mol. The number of fused-ring (bicyclic) bond motifs is 1. The molecule has 0 atom stereocenters. The number of nitrogens with zero attached hydrogens (tertiary/aromatic N) is 3. The number of halogens is 1. The normalized spacial score (nSPS) is 10.2. The molecule has 2 aromatic rings. The van der Waals surface area contributed by atoms with E-state index in [-0.39, 0.29) is 36.8 Å². The molecule has 0 saturated carbocycles. The summed E-state index contributed by atoms with van der Waals surface area (Å²) in [5.41, 5.74) is 5.71. The van der Waals surface area contributed by atoms with Crippen molar-refractivity contribution in [2.75, 3.05) is 13.1 Å². The number of benzene rings is 1. The van der Waals surface area contributed by atoms with E-state index in [0.717, 1.165) is 12.8 Å². The Morgan fingerprint density at radius 2 is 2.05 bits per heavy atom. The van der Waals surface area contributed by atoms with Crippen molar-refractivity contribution in [3.8, 4) is 0 Å². The van der Waals surface area contributed by atoms with Crippen molar-refractivity contribution in [3.05, 3.63) is 34.6 Å². The molecule has 1 aromatic heterocycles. The highest BCUT2D eigenvalue weighted by Crippen LogP contribution is 2.03. The smallest absolute Gasteiger partial charge is 0.277 e. The maximum absolute atomic E-state index is 12.2. The van der Waals surface area contributed by atoms with E-state index >= 15 is 0 Å². The first-order valence-corrected chi connectivity index (χ1v) is 7.01. The Morgan fingerprint density at radius 3 is 2.82 bits per heavy atom. The first kappa shape index (κ1) is 18.1. The molecule has 1 heterocycles. The fraction of sp³-hybridized carbons (Fsp3) is 0.429. The topological polar surface area (TPSA) is 103 Å². The Morgan fingerprint density at radius 1 is 1.27 bits per heavy atom. The van der Waals surface area contributed by atoms with E-state index in [0.29, 0.717) is 24.0 Å². The number of rotatable bonds is 7. The van der Waals surface area contributed by atoms with Gasteiger partial charge in [-0.15, -0.1) is 17.5 Å². The summed E-state index contributed by atoms with van der Waals surface area (Å²) in [6.45, 7) is 1.45. The summed E-state index contributed by atoms with van der Waals surface area (Å²) in [4.78, 5) is 23.8. The minimum Gasteiger partial charge on any atom is -0.356 e. The molecule has 0 unspecified atom stereocenters. The Labute approximate surface area is 134 Å². The van der Waals surface area contributed by atoms with Gasteiger partial charge in [0.2, 0.25) is 5.91 Å². The predicted molar refractivity (Wildman–Crippen MR) is 87.0 cm³/mol. The van der Waals surface area contributed by atoms with Crippen LogP contribution in [0, 0.1) is 0 Å². The molecule has 0 aliphatic rings. The summed E-state index contributed by atoms with van der Waals surface area (Å²) >= 11 is 0. The minimum atomic E-state index is -0.225. The van der Waals surface area contributed by atoms with Crippen LogP contribution in [0.3, 0.4) is 0 Å². The molecule has 120 valence electrons. The van der Waals surface area contributed by atoms with Gasteiger partial charge in [-0.05, 0) is 31.5 Å². The average molecular weight is 326 g/mol. The maximum Gasteiger partial charge on any atom is 0.277 e. The SMILES string of the molecule is Cl.NCCCCNC(=O)CCn1nnc2ccccc2c1=O. The number of amides is 1. The van der Waals surface area contributed by atoms with Crippen LogP contribution in [-0.4, -0.2) is 34.0 Å². The van der Waals surface area contributed by atoms with Crippen molar-refractivity contribution < 1.29 is 4.79 Å². The number of hydrogen-bond donors (Lipinski definition) is 2. The lowest BCUT2D eigenvalue weighted by Crippen LogP contribution is -2.30. The molecule has 8 heteroatoms. The third-order valence-corrected chi connectivity index (χ3v) is 3.13. The van der Waals surface area contributed by atoms with Gasteiger partial charge in [-0.25, -0.2) is 4.68 Å². The summed E-state index contributed by atoms with van der Waals surface area (Å²) in [5, 5.41) is 11.1. The number of aromatic nitrogens is 3. The van der Waals surface area contributed by atoms with E-state index in [1.165, 1.54) is 4.68 Å². The number of nitrogens with two attached hydrogens (primary N) is 1. The van der Waals surface area contributed by atoms with Crippen molar-refractivity contribution in [3.63, 3.8) is 0 Å². The molecule has 1 aromatic carbocycles. The van der Waals surface area contributed by atoms with Gasteiger partial charge in [-0.1, -0.05) is 17.3 Å². The van der Waals surface area contributed by atoms with Crippen LogP contribution in [0.15, 0.2) is 29.1 Å². The van der Waals surface area contributed by atoms with Gasteiger partial charge in [0.15, 0.2) is 0 Å². The summed E-state index contributed by atoms with van der Waals surface area (Å²) in [6, 6.07) is 7.02. The highest BCUT2D eigenvalue weighted by molar-refractivity contribution is 5.85. The highest BCUT2D eigenvalue weighted by atomic mass is 35.5. The van der Waals surface area contributed by atoms with E-state index in [1.54, 1.807) is 24.3 Å². The number of nitrogens with one attached hydrogen (secondary N) is 1. The van der Waals surface area contributed by atoms with Crippen molar-refractivity contribution in [2.24, 2.45) is 5.73 Å². The molecule has 7 nitrogen and oxygen atoms in total. The first-order chi connectivity index (χ1) is 10.2. The van der Waals surface area contributed by atoms with Gasteiger partial charge < -0.3 is 11.1 Å². The second kappa shape index (κ2) is 9.11. The molecule has 2 rings (SSSR count). The Hall–Kier alpha value is -1.99. The highest BCUT2D eigenvalue weighted by Gasteiger charge is 2.07. The van der Waals surface area contributed by atoms with Crippen molar-refractivity contribution in [1.29, 1.82) is 0 Å². The van der Waals surface area contributed by atoms with Crippen molar-refractivity contribution in [2.45, 2.75) is 25.8 Å². The van der Waals surface area contributed by atoms with E-state index in [4.69, 9.17) is 5.73 Å². The van der Waals surface area contributed by atoms with E-state index in [1.807, 2.05) is 0 Å². The van der Waals surface area contributed by atoms with Gasteiger partial charge in [0, 0.05) is 13.0 Å². The molecule has 1 amide bonds. The fourth-order valence-corrected chi connectivity index (χ4v) is 1.96. The van der Waals surface area contributed by atoms with Crippen LogP contribution in [0.25, 0.3) is 10.9 Å². The summed E-state index contributed by atoms with van der Waals surface area (Å²) in [5.74, 6) is -0.103. The fourth-order valence-electron chi connectivity index (χ4n) is 1.96. The number of unbranched alkanes of at least 4 members (excludes halogenated alkanes) is 1. The number of hydrogen-bond acceptors (Lipinski definition) is 5. The van der Waals surface area contributed by atoms with Crippen LogP contribution in [0.5, 0.6) is 0 Å². The number of carbonyl (C=O) groups is 1. The third kappa shape index (κ3) is 4.78.